The number of amides is 2. The molecule has 13 heteroatoms. The topological polar surface area (TPSA) is 150 Å². The lowest BCUT2D eigenvalue weighted by Gasteiger charge is -2.31. The molecular formula is C25H24FN7O4S. The van der Waals surface area contributed by atoms with Gasteiger partial charge in [0.2, 0.25) is 10.0 Å². The smallest absolute Gasteiger partial charge is 0.272 e. The highest BCUT2D eigenvalue weighted by Crippen LogP contribution is 2.45. The molecule has 38 heavy (non-hydrogen) atoms. The van der Waals surface area contributed by atoms with Crippen LogP contribution in [-0.2, 0) is 30.0 Å². The van der Waals surface area contributed by atoms with E-state index in [1.54, 1.807) is 31.3 Å². The number of aromatic nitrogens is 3. The second kappa shape index (κ2) is 9.53. The molecule has 1 aromatic carbocycles. The van der Waals surface area contributed by atoms with Crippen LogP contribution in [0.4, 0.5) is 10.2 Å². The number of nitrogens with one attached hydrogen (secondary N) is 2. The van der Waals surface area contributed by atoms with Crippen molar-refractivity contribution in [2.45, 2.75) is 30.6 Å². The van der Waals surface area contributed by atoms with Gasteiger partial charge in [-0.15, -0.1) is 0 Å². The van der Waals surface area contributed by atoms with Crippen molar-refractivity contribution in [3.05, 3.63) is 76.5 Å². The lowest BCUT2D eigenvalue weighted by molar-refractivity contribution is 0.0724. The summed E-state index contributed by atoms with van der Waals surface area (Å²) in [5.41, 5.74) is 2.20. The Hall–Kier alpha value is -4.31. The first-order valence-corrected chi connectivity index (χ1v) is 13.4. The Balaban J connectivity index is 1.29. The molecule has 0 unspecified atom stereocenters. The van der Waals surface area contributed by atoms with Crippen LogP contribution in [0.1, 0.15) is 50.5 Å². The number of hydrogen-bond donors (Lipinski definition) is 2. The largest absolute Gasteiger partial charge is 0.347 e. The SMILES string of the molecule is Cn1nc(C(=O)NCc2ccc(C#N)cc2)c2c1C(=O)N(CC1(S(=O)(=O)Nc3ncccc3F)CC1)CC2. The zero-order valence-electron chi connectivity index (χ0n) is 20.4. The van der Waals surface area contributed by atoms with Crippen LogP contribution >= 0.6 is 0 Å². The van der Waals surface area contributed by atoms with E-state index in [9.17, 15) is 22.4 Å². The third-order valence-corrected chi connectivity index (χ3v) is 9.00. The molecule has 0 radical (unpaired) electrons. The van der Waals surface area contributed by atoms with Crippen molar-refractivity contribution in [2.75, 3.05) is 17.8 Å². The van der Waals surface area contributed by atoms with E-state index in [2.05, 4.69) is 20.1 Å². The molecule has 1 fully saturated rings. The maximum Gasteiger partial charge on any atom is 0.272 e. The quantitative estimate of drug-likeness (QED) is 0.444. The summed E-state index contributed by atoms with van der Waals surface area (Å²) in [5.74, 6) is -2.02. The molecule has 3 aromatic rings. The van der Waals surface area contributed by atoms with E-state index in [1.165, 1.54) is 21.8 Å². The third kappa shape index (κ3) is 4.58. The van der Waals surface area contributed by atoms with Gasteiger partial charge in [-0.2, -0.15) is 10.4 Å². The molecule has 0 bridgehead atoms. The number of nitrogens with zero attached hydrogens (tertiary/aromatic N) is 5. The van der Waals surface area contributed by atoms with Crippen molar-refractivity contribution in [3.8, 4) is 6.07 Å². The van der Waals surface area contributed by atoms with Crippen LogP contribution < -0.4 is 10.0 Å². The molecule has 0 atom stereocenters. The van der Waals surface area contributed by atoms with Crippen molar-refractivity contribution >= 4 is 27.7 Å². The molecule has 5 rings (SSSR count). The average Bonchev–Trinajstić information content (AvgIpc) is 3.62. The van der Waals surface area contributed by atoms with Gasteiger partial charge >= 0.3 is 0 Å². The van der Waals surface area contributed by atoms with Gasteiger partial charge in [0.15, 0.2) is 17.3 Å². The van der Waals surface area contributed by atoms with Crippen LogP contribution in [0.15, 0.2) is 42.6 Å². The summed E-state index contributed by atoms with van der Waals surface area (Å²) < 4.78 is 42.5. The first kappa shape index (κ1) is 25.3. The number of rotatable bonds is 8. The highest BCUT2D eigenvalue weighted by atomic mass is 32.2. The van der Waals surface area contributed by atoms with Crippen molar-refractivity contribution in [1.82, 2.24) is 25.0 Å². The number of pyridine rings is 1. The number of carbonyl (C=O) groups is 2. The van der Waals surface area contributed by atoms with E-state index >= 15 is 0 Å². The molecule has 2 N–H and O–H groups in total. The molecule has 0 spiro atoms. The molecule has 1 aliphatic heterocycles. The summed E-state index contributed by atoms with van der Waals surface area (Å²) in [7, 11) is -2.47. The number of benzene rings is 1. The molecule has 196 valence electrons. The lowest BCUT2D eigenvalue weighted by atomic mass is 10.0. The van der Waals surface area contributed by atoms with E-state index < -0.39 is 32.4 Å². The zero-order chi connectivity index (χ0) is 27.1. The fourth-order valence-corrected chi connectivity index (χ4v) is 6.15. The van der Waals surface area contributed by atoms with Gasteiger partial charge in [0.1, 0.15) is 10.4 Å². The standard InChI is InChI=1S/C25H24FN7O4S/c1-32-21-18(20(30-32)23(34)29-14-17-6-4-16(13-27)5-7-17)8-12-33(24(21)35)15-25(9-10-25)38(36,37)31-22-19(26)3-2-11-28-22/h2-7,11H,8-10,12,14-15H2,1H3,(H,28,31)(H,29,34). The second-order valence-electron chi connectivity index (χ2n) is 9.39. The minimum Gasteiger partial charge on any atom is -0.347 e. The predicted octanol–water partition coefficient (Wildman–Crippen LogP) is 1.73. The summed E-state index contributed by atoms with van der Waals surface area (Å²) in [4.78, 5) is 31.5. The summed E-state index contributed by atoms with van der Waals surface area (Å²) in [6.07, 6.45) is 2.26. The Kier molecular flexibility index (Phi) is 6.36. The Morgan fingerprint density at radius 2 is 1.97 bits per heavy atom. The number of anilines is 1. The van der Waals surface area contributed by atoms with Crippen LogP contribution in [0, 0.1) is 17.1 Å². The summed E-state index contributed by atoms with van der Waals surface area (Å²) >= 11 is 0. The summed E-state index contributed by atoms with van der Waals surface area (Å²) in [5, 5.41) is 16.0. The number of halogens is 1. The van der Waals surface area contributed by atoms with E-state index in [-0.39, 0.29) is 36.8 Å². The van der Waals surface area contributed by atoms with Crippen LogP contribution in [0.25, 0.3) is 0 Å². The monoisotopic (exact) mass is 537 g/mol. The molecule has 0 saturated heterocycles. The number of sulfonamides is 1. The maximum atomic E-state index is 14.0. The highest BCUT2D eigenvalue weighted by molar-refractivity contribution is 7.94. The van der Waals surface area contributed by atoms with Crippen molar-refractivity contribution in [2.24, 2.45) is 7.05 Å². The first-order chi connectivity index (χ1) is 18.1. The number of hydrogen-bond acceptors (Lipinski definition) is 7. The van der Waals surface area contributed by atoms with Gasteiger partial charge < -0.3 is 10.2 Å². The van der Waals surface area contributed by atoms with Gasteiger partial charge in [-0.05, 0) is 49.1 Å². The number of fused-ring (bicyclic) bond motifs is 1. The van der Waals surface area contributed by atoms with Gasteiger partial charge in [-0.25, -0.2) is 17.8 Å². The Morgan fingerprint density at radius 3 is 2.63 bits per heavy atom. The van der Waals surface area contributed by atoms with Crippen LogP contribution in [0.2, 0.25) is 0 Å². The summed E-state index contributed by atoms with van der Waals surface area (Å²) in [6.45, 7) is 0.364. The van der Waals surface area contributed by atoms with Gasteiger partial charge in [0.05, 0.1) is 11.6 Å². The van der Waals surface area contributed by atoms with E-state index in [0.29, 0.717) is 30.4 Å². The molecule has 11 nitrogen and oxygen atoms in total. The van der Waals surface area contributed by atoms with Crippen molar-refractivity contribution in [1.29, 1.82) is 5.26 Å². The predicted molar refractivity (Wildman–Crippen MR) is 134 cm³/mol. The Labute approximate surface area is 218 Å². The lowest BCUT2D eigenvalue weighted by Crippen LogP contribution is -2.47. The molecule has 2 aromatic heterocycles. The van der Waals surface area contributed by atoms with Crippen LogP contribution in [0.5, 0.6) is 0 Å². The van der Waals surface area contributed by atoms with Gasteiger partial charge in [0.25, 0.3) is 11.8 Å². The molecule has 1 saturated carbocycles. The van der Waals surface area contributed by atoms with Crippen molar-refractivity contribution in [3.63, 3.8) is 0 Å². The van der Waals surface area contributed by atoms with Crippen LogP contribution in [-0.4, -0.2) is 57.7 Å². The van der Waals surface area contributed by atoms with Crippen LogP contribution in [0.3, 0.4) is 0 Å². The molecule has 1 aliphatic carbocycles. The zero-order valence-corrected chi connectivity index (χ0v) is 21.3. The Morgan fingerprint density at radius 1 is 1.24 bits per heavy atom. The normalized spacial score (nSPS) is 15.9. The molecule has 2 amide bonds. The van der Waals surface area contributed by atoms with Gasteiger partial charge in [-0.1, -0.05) is 12.1 Å². The van der Waals surface area contributed by atoms with Gasteiger partial charge in [-0.3, -0.25) is 19.0 Å². The number of aryl methyl sites for hydroxylation is 1. The van der Waals surface area contributed by atoms with E-state index in [1.807, 2.05) is 6.07 Å². The highest BCUT2D eigenvalue weighted by Gasteiger charge is 2.57. The maximum absolute atomic E-state index is 14.0. The fraction of sp³-hybridized carbons (Fsp3) is 0.320. The Bertz CT molecular complexity index is 1570. The summed E-state index contributed by atoms with van der Waals surface area (Å²) in [6, 6.07) is 11.3. The molecule has 3 heterocycles. The minimum absolute atomic E-state index is 0.0690. The second-order valence-corrected chi connectivity index (χ2v) is 11.5. The fourth-order valence-electron chi connectivity index (χ4n) is 4.56. The number of nitriles is 1. The first-order valence-electron chi connectivity index (χ1n) is 11.9. The van der Waals surface area contributed by atoms with Gasteiger partial charge in [0, 0.05) is 38.4 Å². The average molecular weight is 538 g/mol. The van der Waals surface area contributed by atoms with E-state index in [0.717, 1.165) is 11.6 Å². The van der Waals surface area contributed by atoms with E-state index in [4.69, 9.17) is 5.26 Å². The van der Waals surface area contributed by atoms with Crippen molar-refractivity contribution < 1.29 is 22.4 Å². The molecule has 2 aliphatic rings. The number of carbonyl (C=O) groups excluding carboxylic acids is 2. The molecular weight excluding hydrogens is 513 g/mol. The third-order valence-electron chi connectivity index (χ3n) is 6.86. The minimum atomic E-state index is -4.03.